The van der Waals surface area contributed by atoms with Crippen LogP contribution in [0.4, 0.5) is 5.69 Å². The van der Waals surface area contributed by atoms with Crippen molar-refractivity contribution in [2.75, 3.05) is 24.2 Å². The maximum absolute atomic E-state index is 13.4. The molecule has 0 aromatic heterocycles. The fourth-order valence-electron chi connectivity index (χ4n) is 3.35. The number of halogens is 1. The second kappa shape index (κ2) is 10.3. The zero-order chi connectivity index (χ0) is 23.3. The Hall–Kier alpha value is -2.39. The normalized spacial score (nSPS) is 12.2. The van der Waals surface area contributed by atoms with Crippen LogP contribution in [0.1, 0.15) is 23.6 Å². The molecule has 2 aromatic rings. The lowest BCUT2D eigenvalue weighted by Crippen LogP contribution is -2.50. The van der Waals surface area contributed by atoms with E-state index in [1.165, 1.54) is 11.9 Å². The standard InChI is InChI=1S/C22H28BrN3O4S/c1-15-7-6-8-16(2)21(15)26(31(5,29)30)14-20(27)25(17(3)22(28)24-4)13-18-9-11-19(23)12-10-18/h6-12,17H,13-14H2,1-5H3,(H,24,28)/t17-/m1/s1. The van der Waals surface area contributed by atoms with Crippen LogP contribution in [0.15, 0.2) is 46.9 Å². The van der Waals surface area contributed by atoms with E-state index in [9.17, 15) is 18.0 Å². The van der Waals surface area contributed by atoms with Gasteiger partial charge in [0, 0.05) is 18.1 Å². The van der Waals surface area contributed by atoms with E-state index in [1.54, 1.807) is 32.9 Å². The highest BCUT2D eigenvalue weighted by molar-refractivity contribution is 9.10. The summed E-state index contributed by atoms with van der Waals surface area (Å²) in [4.78, 5) is 27.1. The van der Waals surface area contributed by atoms with E-state index in [1.807, 2.05) is 30.3 Å². The molecule has 0 aliphatic carbocycles. The summed E-state index contributed by atoms with van der Waals surface area (Å²) in [5, 5.41) is 2.56. The van der Waals surface area contributed by atoms with Crippen LogP contribution in [-0.4, -0.2) is 51.0 Å². The van der Waals surface area contributed by atoms with Gasteiger partial charge in [-0.15, -0.1) is 0 Å². The number of likely N-dealkylation sites (N-methyl/N-ethyl adjacent to an activating group) is 1. The van der Waals surface area contributed by atoms with Crippen LogP contribution in [0, 0.1) is 13.8 Å². The predicted octanol–water partition coefficient (Wildman–Crippen LogP) is 3.00. The van der Waals surface area contributed by atoms with Gasteiger partial charge in [-0.25, -0.2) is 8.42 Å². The van der Waals surface area contributed by atoms with E-state index >= 15 is 0 Å². The molecule has 0 unspecified atom stereocenters. The number of nitrogens with one attached hydrogen (secondary N) is 1. The number of carbonyl (C=O) groups is 2. The summed E-state index contributed by atoms with van der Waals surface area (Å²) >= 11 is 3.38. The first kappa shape index (κ1) is 24.9. The molecule has 0 aliphatic heterocycles. The van der Waals surface area contributed by atoms with Crippen molar-refractivity contribution in [1.29, 1.82) is 0 Å². The van der Waals surface area contributed by atoms with Gasteiger partial charge in [0.2, 0.25) is 21.8 Å². The molecule has 0 aliphatic rings. The summed E-state index contributed by atoms with van der Waals surface area (Å²) in [5.74, 6) is -0.796. The Bertz CT molecular complexity index is 1030. The van der Waals surface area contributed by atoms with Crippen LogP contribution in [-0.2, 0) is 26.2 Å². The molecule has 2 aromatic carbocycles. The highest BCUT2D eigenvalue weighted by Gasteiger charge is 2.30. The van der Waals surface area contributed by atoms with Crippen LogP contribution < -0.4 is 9.62 Å². The van der Waals surface area contributed by atoms with E-state index in [4.69, 9.17) is 0 Å². The molecule has 1 N–H and O–H groups in total. The van der Waals surface area contributed by atoms with Gasteiger partial charge in [0.05, 0.1) is 11.9 Å². The molecule has 0 radical (unpaired) electrons. The molecule has 2 amide bonds. The number of aryl methyl sites for hydroxylation is 2. The predicted molar refractivity (Wildman–Crippen MR) is 126 cm³/mol. The molecule has 0 saturated heterocycles. The summed E-state index contributed by atoms with van der Waals surface area (Å²) in [7, 11) is -2.24. The smallest absolute Gasteiger partial charge is 0.244 e. The van der Waals surface area contributed by atoms with Crippen LogP contribution in [0.3, 0.4) is 0 Å². The van der Waals surface area contributed by atoms with Crippen molar-refractivity contribution in [3.63, 3.8) is 0 Å². The fourth-order valence-corrected chi connectivity index (χ4v) is 4.58. The topological polar surface area (TPSA) is 86.8 Å². The van der Waals surface area contributed by atoms with Crippen LogP contribution in [0.5, 0.6) is 0 Å². The number of amides is 2. The first-order valence-corrected chi connectivity index (χ1v) is 12.4. The maximum Gasteiger partial charge on any atom is 0.244 e. The second-order valence-electron chi connectivity index (χ2n) is 7.45. The Morgan fingerprint density at radius 3 is 2.10 bits per heavy atom. The fraction of sp³-hybridized carbons (Fsp3) is 0.364. The third kappa shape index (κ3) is 6.30. The average Bonchev–Trinajstić information content (AvgIpc) is 2.70. The quantitative estimate of drug-likeness (QED) is 0.592. The Balaban J connectivity index is 2.43. The van der Waals surface area contributed by atoms with Crippen molar-refractivity contribution in [3.8, 4) is 0 Å². The summed E-state index contributed by atoms with van der Waals surface area (Å²) in [5.41, 5.74) is 2.80. The summed E-state index contributed by atoms with van der Waals surface area (Å²) in [6.07, 6.45) is 1.08. The summed E-state index contributed by atoms with van der Waals surface area (Å²) < 4.78 is 27.3. The van der Waals surface area contributed by atoms with E-state index < -0.39 is 28.5 Å². The minimum atomic E-state index is -3.74. The number of hydrogen-bond acceptors (Lipinski definition) is 4. The van der Waals surface area contributed by atoms with E-state index in [2.05, 4.69) is 21.2 Å². The van der Waals surface area contributed by atoms with Gasteiger partial charge in [0.25, 0.3) is 0 Å². The molecule has 2 rings (SSSR count). The molecule has 0 heterocycles. The number of anilines is 1. The average molecular weight is 510 g/mol. The van der Waals surface area contributed by atoms with Gasteiger partial charge >= 0.3 is 0 Å². The maximum atomic E-state index is 13.4. The van der Waals surface area contributed by atoms with E-state index in [-0.39, 0.29) is 12.5 Å². The Kier molecular flexibility index (Phi) is 8.25. The highest BCUT2D eigenvalue weighted by atomic mass is 79.9. The number of carbonyl (C=O) groups excluding carboxylic acids is 2. The van der Waals surface area contributed by atoms with Gasteiger partial charge < -0.3 is 10.2 Å². The molecule has 168 valence electrons. The van der Waals surface area contributed by atoms with Crippen molar-refractivity contribution in [3.05, 3.63) is 63.6 Å². The van der Waals surface area contributed by atoms with Crippen molar-refractivity contribution in [2.45, 2.75) is 33.4 Å². The monoisotopic (exact) mass is 509 g/mol. The molecule has 31 heavy (non-hydrogen) atoms. The number of para-hydroxylation sites is 1. The van der Waals surface area contributed by atoms with Gasteiger partial charge in [-0.1, -0.05) is 46.3 Å². The summed E-state index contributed by atoms with van der Waals surface area (Å²) in [6.45, 7) is 5.00. The van der Waals surface area contributed by atoms with Crippen molar-refractivity contribution >= 4 is 43.5 Å². The number of nitrogens with zero attached hydrogens (tertiary/aromatic N) is 2. The van der Waals surface area contributed by atoms with Crippen molar-refractivity contribution in [2.24, 2.45) is 0 Å². The Morgan fingerprint density at radius 1 is 1.06 bits per heavy atom. The first-order valence-electron chi connectivity index (χ1n) is 9.75. The van der Waals surface area contributed by atoms with Gasteiger partial charge in [-0.05, 0) is 49.6 Å². The SMILES string of the molecule is CNC(=O)[C@@H](C)N(Cc1ccc(Br)cc1)C(=O)CN(c1c(C)cccc1C)S(C)(=O)=O. The summed E-state index contributed by atoms with van der Waals surface area (Å²) in [6, 6.07) is 12.1. The number of rotatable bonds is 8. The van der Waals surface area contributed by atoms with Gasteiger partial charge in [0.15, 0.2) is 0 Å². The Labute approximate surface area is 192 Å². The molecular weight excluding hydrogens is 482 g/mol. The van der Waals surface area contributed by atoms with E-state index in [0.29, 0.717) is 5.69 Å². The van der Waals surface area contributed by atoms with Crippen molar-refractivity contribution < 1.29 is 18.0 Å². The number of hydrogen-bond donors (Lipinski definition) is 1. The molecule has 7 nitrogen and oxygen atoms in total. The van der Waals surface area contributed by atoms with Crippen LogP contribution in [0.25, 0.3) is 0 Å². The molecule has 0 saturated carbocycles. The molecule has 9 heteroatoms. The molecule has 0 bridgehead atoms. The largest absolute Gasteiger partial charge is 0.357 e. The highest BCUT2D eigenvalue weighted by Crippen LogP contribution is 2.27. The molecular formula is C22H28BrN3O4S. The Morgan fingerprint density at radius 2 is 1.61 bits per heavy atom. The van der Waals surface area contributed by atoms with E-state index in [0.717, 1.165) is 31.7 Å². The molecule has 0 spiro atoms. The molecule has 1 atom stereocenters. The minimum Gasteiger partial charge on any atom is -0.357 e. The van der Waals surface area contributed by atoms with Crippen LogP contribution >= 0.6 is 15.9 Å². The second-order valence-corrected chi connectivity index (χ2v) is 10.3. The van der Waals surface area contributed by atoms with Gasteiger partial charge in [-0.3, -0.25) is 13.9 Å². The number of sulfonamides is 1. The molecule has 0 fully saturated rings. The zero-order valence-corrected chi connectivity index (χ0v) is 20.7. The number of benzene rings is 2. The zero-order valence-electron chi connectivity index (χ0n) is 18.3. The third-order valence-corrected chi connectivity index (χ3v) is 6.69. The van der Waals surface area contributed by atoms with Crippen molar-refractivity contribution in [1.82, 2.24) is 10.2 Å². The van der Waals surface area contributed by atoms with Gasteiger partial charge in [-0.2, -0.15) is 0 Å². The first-order chi connectivity index (χ1) is 14.5. The third-order valence-electron chi connectivity index (χ3n) is 5.05. The van der Waals surface area contributed by atoms with Gasteiger partial charge in [0.1, 0.15) is 12.6 Å². The lowest BCUT2D eigenvalue weighted by Gasteiger charge is -2.32. The lowest BCUT2D eigenvalue weighted by molar-refractivity contribution is -0.139. The van der Waals surface area contributed by atoms with Crippen LogP contribution in [0.2, 0.25) is 0 Å². The lowest BCUT2D eigenvalue weighted by atomic mass is 10.1. The minimum absolute atomic E-state index is 0.172.